The molecule has 0 N–H and O–H groups in total. The normalized spacial score (nSPS) is 10.2. The Morgan fingerprint density at radius 3 is 2.82 bits per heavy atom. The van der Waals surface area contributed by atoms with Crippen molar-refractivity contribution in [3.8, 4) is 5.88 Å². The zero-order chi connectivity index (χ0) is 12.3. The zero-order valence-corrected chi connectivity index (χ0v) is 10.7. The second-order valence-electron chi connectivity index (χ2n) is 3.41. The van der Waals surface area contributed by atoms with Crippen LogP contribution in [0.25, 0.3) is 0 Å². The number of hydrogen-bond donors (Lipinski definition) is 0. The van der Waals surface area contributed by atoms with Gasteiger partial charge in [0.15, 0.2) is 5.76 Å². The van der Waals surface area contributed by atoms with Crippen molar-refractivity contribution in [3.05, 3.63) is 46.5 Å². The zero-order valence-electron chi connectivity index (χ0n) is 9.14. The number of halogens is 1. The predicted octanol–water partition coefficient (Wildman–Crippen LogP) is 2.87. The van der Waals surface area contributed by atoms with Crippen LogP contribution in [0, 0.1) is 0 Å². The summed E-state index contributed by atoms with van der Waals surface area (Å²) in [5.41, 5.74) is 0.819. The van der Waals surface area contributed by atoms with E-state index in [1.54, 1.807) is 31.5 Å². The Labute approximate surface area is 107 Å². The Kier molecular flexibility index (Phi) is 3.58. The van der Waals surface area contributed by atoms with Crippen molar-refractivity contribution in [1.29, 1.82) is 0 Å². The SMILES string of the molecule is COc1ccc(CC(=O)c2occc2Br)cn1. The van der Waals surface area contributed by atoms with Gasteiger partial charge in [-0.25, -0.2) is 4.98 Å². The molecule has 0 aliphatic heterocycles. The van der Waals surface area contributed by atoms with E-state index in [4.69, 9.17) is 9.15 Å². The topological polar surface area (TPSA) is 52.3 Å². The Hall–Kier alpha value is -1.62. The third kappa shape index (κ3) is 2.74. The molecule has 0 aromatic carbocycles. The molecule has 0 unspecified atom stereocenters. The summed E-state index contributed by atoms with van der Waals surface area (Å²) in [5, 5.41) is 0. The number of ether oxygens (including phenoxy) is 1. The fraction of sp³-hybridized carbons (Fsp3) is 0.167. The lowest BCUT2D eigenvalue weighted by Crippen LogP contribution is -2.03. The molecule has 0 aliphatic carbocycles. The van der Waals surface area contributed by atoms with Crippen LogP contribution in [0.2, 0.25) is 0 Å². The van der Waals surface area contributed by atoms with Gasteiger partial charge < -0.3 is 9.15 Å². The maximum Gasteiger partial charge on any atom is 0.212 e. The number of methoxy groups -OCH3 is 1. The van der Waals surface area contributed by atoms with Crippen molar-refractivity contribution in [2.24, 2.45) is 0 Å². The Morgan fingerprint density at radius 1 is 1.47 bits per heavy atom. The van der Waals surface area contributed by atoms with Crippen LogP contribution in [0.1, 0.15) is 16.1 Å². The molecule has 4 nitrogen and oxygen atoms in total. The fourth-order valence-corrected chi connectivity index (χ4v) is 1.82. The third-order valence-electron chi connectivity index (χ3n) is 2.24. The van der Waals surface area contributed by atoms with E-state index in [0.29, 0.717) is 16.1 Å². The first-order valence-corrected chi connectivity index (χ1v) is 5.75. The monoisotopic (exact) mass is 295 g/mol. The van der Waals surface area contributed by atoms with Crippen molar-refractivity contribution >= 4 is 21.7 Å². The molecule has 2 rings (SSSR count). The summed E-state index contributed by atoms with van der Waals surface area (Å²) in [6, 6.07) is 5.22. The molecule has 0 spiro atoms. The summed E-state index contributed by atoms with van der Waals surface area (Å²) in [5.74, 6) is 0.773. The molecule has 0 aliphatic rings. The quantitative estimate of drug-likeness (QED) is 0.814. The smallest absolute Gasteiger partial charge is 0.212 e. The van der Waals surface area contributed by atoms with Crippen molar-refractivity contribution < 1.29 is 13.9 Å². The van der Waals surface area contributed by atoms with E-state index in [0.717, 1.165) is 5.56 Å². The van der Waals surface area contributed by atoms with Gasteiger partial charge in [-0.1, -0.05) is 6.07 Å². The average Bonchev–Trinajstić information content (AvgIpc) is 2.76. The first-order valence-electron chi connectivity index (χ1n) is 4.96. The highest BCUT2D eigenvalue weighted by atomic mass is 79.9. The number of Topliss-reactive ketones (excluding diaryl/α,β-unsaturated/α-hetero) is 1. The number of ketones is 1. The average molecular weight is 296 g/mol. The van der Waals surface area contributed by atoms with Gasteiger partial charge in [-0.2, -0.15) is 0 Å². The molecule has 88 valence electrons. The molecule has 2 aromatic heterocycles. The minimum absolute atomic E-state index is 0.0890. The molecule has 0 bridgehead atoms. The highest BCUT2D eigenvalue weighted by molar-refractivity contribution is 9.10. The first-order chi connectivity index (χ1) is 8.20. The van der Waals surface area contributed by atoms with Crippen LogP contribution >= 0.6 is 15.9 Å². The van der Waals surface area contributed by atoms with E-state index in [-0.39, 0.29) is 12.2 Å². The molecule has 5 heteroatoms. The molecular formula is C12H10BrNO3. The maximum absolute atomic E-state index is 11.9. The number of pyridine rings is 1. The molecular weight excluding hydrogens is 286 g/mol. The van der Waals surface area contributed by atoms with Gasteiger partial charge >= 0.3 is 0 Å². The van der Waals surface area contributed by atoms with E-state index in [1.165, 1.54) is 6.26 Å². The summed E-state index contributed by atoms with van der Waals surface area (Å²) in [6.07, 6.45) is 3.35. The summed E-state index contributed by atoms with van der Waals surface area (Å²) in [6.45, 7) is 0. The minimum Gasteiger partial charge on any atom is -0.481 e. The Morgan fingerprint density at radius 2 is 2.29 bits per heavy atom. The van der Waals surface area contributed by atoms with Crippen molar-refractivity contribution in [2.45, 2.75) is 6.42 Å². The van der Waals surface area contributed by atoms with E-state index in [2.05, 4.69) is 20.9 Å². The lowest BCUT2D eigenvalue weighted by atomic mass is 10.1. The van der Waals surface area contributed by atoms with Crippen molar-refractivity contribution in [3.63, 3.8) is 0 Å². The molecule has 0 saturated heterocycles. The van der Waals surface area contributed by atoms with Gasteiger partial charge in [0.25, 0.3) is 0 Å². The van der Waals surface area contributed by atoms with Crippen LogP contribution in [0.4, 0.5) is 0 Å². The Balaban J connectivity index is 2.10. The van der Waals surface area contributed by atoms with Crippen LogP contribution in [-0.2, 0) is 6.42 Å². The second kappa shape index (κ2) is 5.14. The summed E-state index contributed by atoms with van der Waals surface area (Å²) >= 11 is 3.25. The van der Waals surface area contributed by atoms with Crippen LogP contribution in [-0.4, -0.2) is 17.9 Å². The highest BCUT2D eigenvalue weighted by Gasteiger charge is 2.14. The minimum atomic E-state index is -0.0890. The van der Waals surface area contributed by atoms with Gasteiger partial charge in [0.1, 0.15) is 0 Å². The maximum atomic E-state index is 11.9. The van der Waals surface area contributed by atoms with Gasteiger partial charge in [0.05, 0.1) is 17.8 Å². The summed E-state index contributed by atoms with van der Waals surface area (Å²) < 4.78 is 10.7. The summed E-state index contributed by atoms with van der Waals surface area (Å²) in [4.78, 5) is 15.9. The number of nitrogens with zero attached hydrogens (tertiary/aromatic N) is 1. The fourth-order valence-electron chi connectivity index (χ4n) is 1.39. The van der Waals surface area contributed by atoms with E-state index < -0.39 is 0 Å². The van der Waals surface area contributed by atoms with Gasteiger partial charge in [0.2, 0.25) is 11.7 Å². The molecule has 2 heterocycles. The van der Waals surface area contributed by atoms with Gasteiger partial charge in [0, 0.05) is 18.7 Å². The van der Waals surface area contributed by atoms with Gasteiger partial charge in [-0.15, -0.1) is 0 Å². The van der Waals surface area contributed by atoms with E-state index in [9.17, 15) is 4.79 Å². The van der Waals surface area contributed by atoms with E-state index >= 15 is 0 Å². The number of rotatable bonds is 4. The number of furan rings is 1. The molecule has 2 aromatic rings. The second-order valence-corrected chi connectivity index (χ2v) is 4.26. The number of carbonyl (C=O) groups excluding carboxylic acids is 1. The molecule has 0 amide bonds. The lowest BCUT2D eigenvalue weighted by molar-refractivity contribution is 0.0965. The van der Waals surface area contributed by atoms with Crippen molar-refractivity contribution in [2.75, 3.05) is 7.11 Å². The number of aromatic nitrogens is 1. The van der Waals surface area contributed by atoms with Crippen LogP contribution in [0.3, 0.4) is 0 Å². The van der Waals surface area contributed by atoms with Crippen LogP contribution in [0.15, 0.2) is 39.5 Å². The molecule has 0 radical (unpaired) electrons. The standard InChI is InChI=1S/C12H10BrNO3/c1-16-11-3-2-8(7-14-11)6-10(15)12-9(13)4-5-17-12/h2-5,7H,6H2,1H3. The third-order valence-corrected chi connectivity index (χ3v) is 2.87. The largest absolute Gasteiger partial charge is 0.481 e. The molecule has 17 heavy (non-hydrogen) atoms. The van der Waals surface area contributed by atoms with Crippen molar-refractivity contribution in [1.82, 2.24) is 4.98 Å². The van der Waals surface area contributed by atoms with Gasteiger partial charge in [-0.05, 0) is 27.6 Å². The lowest BCUT2D eigenvalue weighted by Gasteiger charge is -2.01. The predicted molar refractivity (Wildman–Crippen MR) is 65.2 cm³/mol. The molecule has 0 fully saturated rings. The van der Waals surface area contributed by atoms with Crippen LogP contribution in [0.5, 0.6) is 5.88 Å². The number of hydrogen-bond acceptors (Lipinski definition) is 4. The van der Waals surface area contributed by atoms with Crippen LogP contribution < -0.4 is 4.74 Å². The Bertz CT molecular complexity index is 519. The number of carbonyl (C=O) groups is 1. The summed E-state index contributed by atoms with van der Waals surface area (Å²) in [7, 11) is 1.55. The van der Waals surface area contributed by atoms with Gasteiger partial charge in [-0.3, -0.25) is 4.79 Å². The molecule has 0 saturated carbocycles. The van der Waals surface area contributed by atoms with E-state index in [1.807, 2.05) is 0 Å². The highest BCUT2D eigenvalue weighted by Crippen LogP contribution is 2.19. The molecule has 0 atom stereocenters. The first kappa shape index (κ1) is 11.9.